The highest BCUT2D eigenvalue weighted by molar-refractivity contribution is 7.89. The van der Waals surface area contributed by atoms with Crippen LogP contribution in [0.15, 0.2) is 53.4 Å². The van der Waals surface area contributed by atoms with Gasteiger partial charge in [-0.25, -0.2) is 8.42 Å². The summed E-state index contributed by atoms with van der Waals surface area (Å²) in [6.07, 6.45) is 2.49. The maximum absolute atomic E-state index is 13.0. The van der Waals surface area contributed by atoms with Crippen molar-refractivity contribution in [2.45, 2.75) is 57.1 Å². The molecule has 2 atom stereocenters. The SMILES string of the molecule is Cc1ccc(S(=O)(=O)N[C@H](CC(C)C)C(=O)Nc2cccc(OC[C@H]3CCCO3)c2)cc1. The second-order valence-electron chi connectivity index (χ2n) is 8.58. The number of carbonyl (C=O) groups is 1. The Morgan fingerprint density at radius 2 is 1.94 bits per heavy atom. The van der Waals surface area contributed by atoms with E-state index in [1.54, 1.807) is 30.3 Å². The second-order valence-corrected chi connectivity index (χ2v) is 10.3. The molecule has 1 heterocycles. The van der Waals surface area contributed by atoms with Crippen LogP contribution in [0, 0.1) is 12.8 Å². The van der Waals surface area contributed by atoms with Gasteiger partial charge in [0.25, 0.3) is 0 Å². The number of hydrogen-bond acceptors (Lipinski definition) is 5. The van der Waals surface area contributed by atoms with Crippen LogP contribution in [0.3, 0.4) is 0 Å². The van der Waals surface area contributed by atoms with Crippen LogP contribution in [0.1, 0.15) is 38.7 Å². The molecule has 8 heteroatoms. The number of aryl methyl sites for hydroxylation is 1. The Labute approximate surface area is 190 Å². The number of carbonyl (C=O) groups excluding carboxylic acids is 1. The summed E-state index contributed by atoms with van der Waals surface area (Å²) in [4.78, 5) is 13.1. The fourth-order valence-electron chi connectivity index (χ4n) is 3.51. The van der Waals surface area contributed by atoms with Gasteiger partial charge >= 0.3 is 0 Å². The van der Waals surface area contributed by atoms with Crippen molar-refractivity contribution in [2.75, 3.05) is 18.5 Å². The lowest BCUT2D eigenvalue weighted by Gasteiger charge is -2.20. The standard InChI is InChI=1S/C24H32N2O5S/c1-17(2)14-23(26-32(28,29)22-11-9-18(3)10-12-22)24(27)25-19-6-4-7-20(15-19)31-16-21-8-5-13-30-21/h4,6-7,9-12,15,17,21,23,26H,5,8,13-14,16H2,1-3H3,(H,25,27)/t21-,23-/m1/s1. The molecule has 1 amide bonds. The van der Waals surface area contributed by atoms with Crippen molar-refractivity contribution in [1.29, 1.82) is 0 Å². The highest BCUT2D eigenvalue weighted by atomic mass is 32.2. The third-order valence-corrected chi connectivity index (χ3v) is 6.70. The predicted octanol–water partition coefficient (Wildman–Crippen LogP) is 3.88. The van der Waals surface area contributed by atoms with E-state index < -0.39 is 22.0 Å². The maximum atomic E-state index is 13.0. The van der Waals surface area contributed by atoms with E-state index >= 15 is 0 Å². The molecule has 0 radical (unpaired) electrons. The third-order valence-electron chi connectivity index (χ3n) is 5.21. The van der Waals surface area contributed by atoms with Crippen LogP contribution in [0.4, 0.5) is 5.69 Å². The molecular formula is C24H32N2O5S. The minimum atomic E-state index is -3.83. The summed E-state index contributed by atoms with van der Waals surface area (Å²) in [5, 5.41) is 2.82. The van der Waals surface area contributed by atoms with Crippen molar-refractivity contribution in [1.82, 2.24) is 4.72 Å². The second kappa shape index (κ2) is 10.9. The smallest absolute Gasteiger partial charge is 0.242 e. The van der Waals surface area contributed by atoms with Crippen LogP contribution >= 0.6 is 0 Å². The van der Waals surface area contributed by atoms with Crippen molar-refractivity contribution >= 4 is 21.6 Å². The zero-order valence-corrected chi connectivity index (χ0v) is 19.7. The van der Waals surface area contributed by atoms with E-state index in [0.29, 0.717) is 24.5 Å². The Bertz CT molecular complexity index is 999. The Morgan fingerprint density at radius 3 is 2.59 bits per heavy atom. The zero-order chi connectivity index (χ0) is 23.1. The van der Waals surface area contributed by atoms with Crippen molar-refractivity contribution in [3.05, 3.63) is 54.1 Å². The fraction of sp³-hybridized carbons (Fsp3) is 0.458. The fourth-order valence-corrected chi connectivity index (χ4v) is 4.72. The van der Waals surface area contributed by atoms with Gasteiger partial charge in [0, 0.05) is 18.4 Å². The molecule has 1 fully saturated rings. The molecule has 3 rings (SSSR count). The molecule has 1 aliphatic heterocycles. The number of benzene rings is 2. The average molecular weight is 461 g/mol. The van der Waals surface area contributed by atoms with E-state index in [4.69, 9.17) is 9.47 Å². The average Bonchev–Trinajstić information content (AvgIpc) is 3.25. The number of ether oxygens (including phenoxy) is 2. The van der Waals surface area contributed by atoms with Gasteiger partial charge in [0.05, 0.1) is 11.0 Å². The Kier molecular flexibility index (Phi) is 8.28. The first-order valence-electron chi connectivity index (χ1n) is 11.0. The minimum Gasteiger partial charge on any atom is -0.491 e. The van der Waals surface area contributed by atoms with E-state index in [-0.39, 0.29) is 16.9 Å². The molecule has 2 aromatic rings. The van der Waals surface area contributed by atoms with Gasteiger partial charge in [-0.1, -0.05) is 37.6 Å². The van der Waals surface area contributed by atoms with Crippen molar-refractivity contribution in [3.8, 4) is 5.75 Å². The Morgan fingerprint density at radius 1 is 1.19 bits per heavy atom. The van der Waals surface area contributed by atoms with Crippen LogP contribution < -0.4 is 14.8 Å². The van der Waals surface area contributed by atoms with Gasteiger partial charge in [-0.05, 0) is 56.4 Å². The maximum Gasteiger partial charge on any atom is 0.242 e. The first-order valence-corrected chi connectivity index (χ1v) is 12.5. The van der Waals surface area contributed by atoms with E-state index in [1.165, 1.54) is 12.1 Å². The number of amides is 1. The highest BCUT2D eigenvalue weighted by Gasteiger charge is 2.27. The normalized spacial score (nSPS) is 17.3. The molecule has 2 aromatic carbocycles. The van der Waals surface area contributed by atoms with Gasteiger partial charge in [0.1, 0.15) is 18.4 Å². The third kappa shape index (κ3) is 7.05. The molecule has 0 unspecified atom stereocenters. The quantitative estimate of drug-likeness (QED) is 0.561. The molecule has 1 saturated heterocycles. The van der Waals surface area contributed by atoms with Gasteiger partial charge in [-0.2, -0.15) is 4.72 Å². The summed E-state index contributed by atoms with van der Waals surface area (Å²) in [5.74, 6) is 0.331. The molecule has 0 bridgehead atoms. The van der Waals surface area contributed by atoms with Crippen LogP contribution in [0.2, 0.25) is 0 Å². The molecule has 32 heavy (non-hydrogen) atoms. The van der Waals surface area contributed by atoms with Crippen LogP contribution in [-0.4, -0.2) is 39.7 Å². The summed E-state index contributed by atoms with van der Waals surface area (Å²) >= 11 is 0. The first kappa shape index (κ1) is 24.2. The van der Waals surface area contributed by atoms with Gasteiger partial charge in [-0.3, -0.25) is 4.79 Å². The van der Waals surface area contributed by atoms with Gasteiger partial charge in [0.15, 0.2) is 0 Å². The molecule has 0 spiro atoms. The lowest BCUT2D eigenvalue weighted by Crippen LogP contribution is -2.44. The van der Waals surface area contributed by atoms with Crippen molar-refractivity contribution in [2.24, 2.45) is 5.92 Å². The number of anilines is 1. The largest absolute Gasteiger partial charge is 0.491 e. The van der Waals surface area contributed by atoms with E-state index in [1.807, 2.05) is 26.8 Å². The molecule has 1 aliphatic rings. The molecular weight excluding hydrogens is 428 g/mol. The topological polar surface area (TPSA) is 93.7 Å². The monoisotopic (exact) mass is 460 g/mol. The summed E-state index contributed by atoms with van der Waals surface area (Å²) in [7, 11) is -3.83. The van der Waals surface area contributed by atoms with Gasteiger partial charge in [-0.15, -0.1) is 0 Å². The molecule has 0 aliphatic carbocycles. The zero-order valence-electron chi connectivity index (χ0n) is 18.8. The predicted molar refractivity (Wildman–Crippen MR) is 124 cm³/mol. The number of nitrogens with one attached hydrogen (secondary N) is 2. The molecule has 174 valence electrons. The molecule has 7 nitrogen and oxygen atoms in total. The molecule has 0 saturated carbocycles. The van der Waals surface area contributed by atoms with Gasteiger partial charge in [0.2, 0.25) is 15.9 Å². The van der Waals surface area contributed by atoms with E-state index in [9.17, 15) is 13.2 Å². The molecule has 2 N–H and O–H groups in total. The highest BCUT2D eigenvalue weighted by Crippen LogP contribution is 2.21. The van der Waals surface area contributed by atoms with Crippen LogP contribution in [-0.2, 0) is 19.6 Å². The van der Waals surface area contributed by atoms with Crippen LogP contribution in [0.5, 0.6) is 5.75 Å². The van der Waals surface area contributed by atoms with Crippen molar-refractivity contribution in [3.63, 3.8) is 0 Å². The van der Waals surface area contributed by atoms with Gasteiger partial charge < -0.3 is 14.8 Å². The molecule has 0 aromatic heterocycles. The number of hydrogen-bond donors (Lipinski definition) is 2. The summed E-state index contributed by atoms with van der Waals surface area (Å²) in [6.45, 7) is 7.00. The Hall–Kier alpha value is -2.42. The van der Waals surface area contributed by atoms with Crippen LogP contribution in [0.25, 0.3) is 0 Å². The lowest BCUT2D eigenvalue weighted by atomic mass is 10.0. The summed E-state index contributed by atoms with van der Waals surface area (Å²) < 4.78 is 39.6. The minimum absolute atomic E-state index is 0.0971. The Balaban J connectivity index is 1.67. The van der Waals surface area contributed by atoms with E-state index in [2.05, 4.69) is 10.0 Å². The van der Waals surface area contributed by atoms with E-state index in [0.717, 1.165) is 25.0 Å². The first-order chi connectivity index (χ1) is 15.2. The number of rotatable bonds is 10. The lowest BCUT2D eigenvalue weighted by molar-refractivity contribution is -0.118. The van der Waals surface area contributed by atoms with Crippen molar-refractivity contribution < 1.29 is 22.7 Å². The summed E-state index contributed by atoms with van der Waals surface area (Å²) in [6, 6.07) is 12.7. The summed E-state index contributed by atoms with van der Waals surface area (Å²) in [5.41, 5.74) is 1.50. The number of sulfonamides is 1.